The van der Waals surface area contributed by atoms with Gasteiger partial charge in [0.2, 0.25) is 5.82 Å². The average Bonchev–Trinajstić information content (AvgIpc) is 3.31. The Bertz CT molecular complexity index is 1320. The van der Waals surface area contributed by atoms with Crippen LogP contribution in [-0.2, 0) is 12.4 Å². The summed E-state index contributed by atoms with van der Waals surface area (Å²) < 4.78 is 77.9. The summed E-state index contributed by atoms with van der Waals surface area (Å²) in [5.41, 5.74) is 0.682. The van der Waals surface area contributed by atoms with E-state index in [9.17, 15) is 31.1 Å². The van der Waals surface area contributed by atoms with Crippen LogP contribution in [0.5, 0.6) is 0 Å². The first-order valence-electron chi connectivity index (χ1n) is 9.29. The molecule has 0 saturated heterocycles. The number of nitrogens with zero attached hydrogens (tertiary/aromatic N) is 3. The number of urea groups is 1. The molecule has 2 heterocycles. The molecule has 0 aliphatic rings. The van der Waals surface area contributed by atoms with Gasteiger partial charge in [0.05, 0.1) is 39.9 Å². The SMILES string of the molecule is Cc1c(NC(=O)Nc2ccc3nc(C(F)(F)F)[nH]c3c2)cnn1-c1ccc(C(F)(F)F)cc1. The van der Waals surface area contributed by atoms with Crippen molar-refractivity contribution in [1.29, 1.82) is 0 Å². The van der Waals surface area contributed by atoms with E-state index < -0.39 is 29.8 Å². The minimum absolute atomic E-state index is 0.0851. The fourth-order valence-electron chi connectivity index (χ4n) is 3.09. The Labute approximate surface area is 181 Å². The molecule has 0 atom stereocenters. The number of imidazole rings is 1. The number of fused-ring (bicyclic) bond motifs is 1. The minimum Gasteiger partial charge on any atom is -0.334 e. The summed E-state index contributed by atoms with van der Waals surface area (Å²) in [4.78, 5) is 17.9. The van der Waals surface area contributed by atoms with Gasteiger partial charge in [0.25, 0.3) is 0 Å². The van der Waals surface area contributed by atoms with Crippen molar-refractivity contribution >= 4 is 28.4 Å². The van der Waals surface area contributed by atoms with Gasteiger partial charge < -0.3 is 15.6 Å². The second kappa shape index (κ2) is 7.83. The van der Waals surface area contributed by atoms with Crippen molar-refractivity contribution in [3.05, 3.63) is 65.7 Å². The molecule has 2 aromatic carbocycles. The highest BCUT2D eigenvalue weighted by Crippen LogP contribution is 2.31. The van der Waals surface area contributed by atoms with Crippen LogP contribution in [0.3, 0.4) is 0 Å². The van der Waals surface area contributed by atoms with Crippen molar-refractivity contribution in [2.75, 3.05) is 10.6 Å². The highest BCUT2D eigenvalue weighted by Gasteiger charge is 2.34. The predicted octanol–water partition coefficient (Wildman–Crippen LogP) is 5.74. The monoisotopic (exact) mass is 468 g/mol. The standard InChI is InChI=1S/C20H14F6N6O/c1-10-16(9-27-32(10)13-5-2-11(3-6-13)19(21,22)23)31-18(33)28-12-4-7-14-15(8-12)30-17(29-14)20(24,25)26/h2-9H,1H3,(H,29,30)(H2,28,31,33). The highest BCUT2D eigenvalue weighted by atomic mass is 19.4. The van der Waals surface area contributed by atoms with E-state index in [0.717, 1.165) is 12.1 Å². The minimum atomic E-state index is -4.63. The number of aromatic amines is 1. The number of hydrogen-bond acceptors (Lipinski definition) is 3. The summed E-state index contributed by atoms with van der Waals surface area (Å²) >= 11 is 0. The van der Waals surface area contributed by atoms with Gasteiger partial charge in [0, 0.05) is 5.69 Å². The van der Waals surface area contributed by atoms with E-state index in [4.69, 9.17) is 0 Å². The molecule has 172 valence electrons. The maximum atomic E-state index is 12.8. The normalized spacial score (nSPS) is 12.2. The van der Waals surface area contributed by atoms with Crippen LogP contribution in [0.2, 0.25) is 0 Å². The molecule has 0 unspecified atom stereocenters. The molecule has 0 radical (unpaired) electrons. The Morgan fingerprint density at radius 1 is 0.970 bits per heavy atom. The number of rotatable bonds is 3. The van der Waals surface area contributed by atoms with Gasteiger partial charge in [0.15, 0.2) is 0 Å². The van der Waals surface area contributed by atoms with Crippen molar-refractivity contribution in [3.8, 4) is 5.69 Å². The second-order valence-electron chi connectivity index (χ2n) is 6.99. The molecule has 4 rings (SSSR count). The molecule has 2 aromatic heterocycles. The maximum absolute atomic E-state index is 12.8. The fourth-order valence-corrected chi connectivity index (χ4v) is 3.09. The van der Waals surface area contributed by atoms with E-state index in [1.165, 1.54) is 41.2 Å². The number of H-pyrrole nitrogens is 1. The first kappa shape index (κ1) is 22.2. The lowest BCUT2D eigenvalue weighted by molar-refractivity contribution is -0.144. The van der Waals surface area contributed by atoms with E-state index in [1.807, 2.05) is 0 Å². The number of amides is 2. The molecule has 33 heavy (non-hydrogen) atoms. The third kappa shape index (κ3) is 4.61. The number of carbonyl (C=O) groups is 1. The summed E-state index contributed by atoms with van der Waals surface area (Å²) in [7, 11) is 0. The Balaban J connectivity index is 1.48. The van der Waals surface area contributed by atoms with Gasteiger partial charge >= 0.3 is 18.4 Å². The lowest BCUT2D eigenvalue weighted by Gasteiger charge is -2.10. The zero-order chi connectivity index (χ0) is 24.0. The van der Waals surface area contributed by atoms with Crippen LogP contribution >= 0.6 is 0 Å². The van der Waals surface area contributed by atoms with Crippen molar-refractivity contribution in [1.82, 2.24) is 19.7 Å². The van der Waals surface area contributed by atoms with Gasteiger partial charge in [-0.05, 0) is 49.4 Å². The van der Waals surface area contributed by atoms with E-state index in [1.54, 1.807) is 6.92 Å². The largest absolute Gasteiger partial charge is 0.449 e. The molecule has 0 bridgehead atoms. The molecule has 0 aliphatic carbocycles. The summed E-state index contributed by atoms with van der Waals surface area (Å²) in [6, 6.07) is 7.67. The molecule has 0 spiro atoms. The number of carbonyl (C=O) groups excluding carboxylic acids is 1. The first-order valence-corrected chi connectivity index (χ1v) is 9.29. The number of anilines is 2. The molecule has 0 fully saturated rings. The first-order chi connectivity index (χ1) is 15.4. The number of hydrogen-bond donors (Lipinski definition) is 3. The van der Waals surface area contributed by atoms with Crippen molar-refractivity contribution in [3.63, 3.8) is 0 Å². The third-order valence-electron chi connectivity index (χ3n) is 4.71. The van der Waals surface area contributed by atoms with Gasteiger partial charge in [-0.15, -0.1) is 0 Å². The molecule has 7 nitrogen and oxygen atoms in total. The highest BCUT2D eigenvalue weighted by molar-refractivity contribution is 6.01. The topological polar surface area (TPSA) is 87.6 Å². The zero-order valence-electron chi connectivity index (χ0n) is 16.6. The lowest BCUT2D eigenvalue weighted by Crippen LogP contribution is -2.19. The predicted molar refractivity (Wildman–Crippen MR) is 107 cm³/mol. The van der Waals surface area contributed by atoms with Crippen molar-refractivity contribution < 1.29 is 31.1 Å². The Morgan fingerprint density at radius 3 is 2.30 bits per heavy atom. The van der Waals surface area contributed by atoms with Crippen LogP contribution in [0.1, 0.15) is 17.1 Å². The average molecular weight is 468 g/mol. The number of alkyl halides is 6. The van der Waals surface area contributed by atoms with Crippen LogP contribution in [0.25, 0.3) is 16.7 Å². The molecule has 0 saturated carbocycles. The van der Waals surface area contributed by atoms with Crippen molar-refractivity contribution in [2.45, 2.75) is 19.3 Å². The van der Waals surface area contributed by atoms with Gasteiger partial charge in [-0.3, -0.25) is 0 Å². The lowest BCUT2D eigenvalue weighted by atomic mass is 10.2. The molecule has 2 amide bonds. The van der Waals surface area contributed by atoms with Crippen LogP contribution in [0, 0.1) is 6.92 Å². The van der Waals surface area contributed by atoms with E-state index in [-0.39, 0.29) is 22.4 Å². The Morgan fingerprint density at radius 2 is 1.67 bits per heavy atom. The Kier molecular flexibility index (Phi) is 5.26. The van der Waals surface area contributed by atoms with E-state index in [0.29, 0.717) is 11.4 Å². The van der Waals surface area contributed by atoms with Gasteiger partial charge in [0.1, 0.15) is 0 Å². The molecule has 0 aliphatic heterocycles. The summed E-state index contributed by atoms with van der Waals surface area (Å²) in [5, 5.41) is 9.11. The van der Waals surface area contributed by atoms with Crippen LogP contribution in [-0.4, -0.2) is 25.8 Å². The van der Waals surface area contributed by atoms with Crippen LogP contribution in [0.15, 0.2) is 48.7 Å². The summed E-state index contributed by atoms with van der Waals surface area (Å²) in [6.45, 7) is 1.61. The third-order valence-corrected chi connectivity index (χ3v) is 4.71. The van der Waals surface area contributed by atoms with E-state index in [2.05, 4.69) is 25.7 Å². The molecular formula is C20H14F6N6O. The second-order valence-corrected chi connectivity index (χ2v) is 6.99. The van der Waals surface area contributed by atoms with Gasteiger partial charge in [-0.1, -0.05) is 0 Å². The summed E-state index contributed by atoms with van der Waals surface area (Å²) in [6.07, 6.45) is -7.77. The zero-order valence-corrected chi connectivity index (χ0v) is 16.6. The number of aromatic nitrogens is 4. The van der Waals surface area contributed by atoms with Crippen molar-refractivity contribution in [2.24, 2.45) is 0 Å². The smallest absolute Gasteiger partial charge is 0.334 e. The maximum Gasteiger partial charge on any atom is 0.449 e. The number of nitrogens with one attached hydrogen (secondary N) is 3. The molecule has 4 aromatic rings. The molecular weight excluding hydrogens is 454 g/mol. The number of halogens is 6. The van der Waals surface area contributed by atoms with Gasteiger partial charge in [-0.2, -0.15) is 31.4 Å². The molecule has 13 heteroatoms. The van der Waals surface area contributed by atoms with E-state index >= 15 is 0 Å². The molecule has 3 N–H and O–H groups in total. The fraction of sp³-hybridized carbons (Fsp3) is 0.150. The summed E-state index contributed by atoms with van der Waals surface area (Å²) in [5.74, 6) is -1.15. The van der Waals surface area contributed by atoms with Gasteiger partial charge in [-0.25, -0.2) is 14.5 Å². The van der Waals surface area contributed by atoms with Crippen LogP contribution in [0.4, 0.5) is 42.5 Å². The number of benzene rings is 2. The van der Waals surface area contributed by atoms with Crippen LogP contribution < -0.4 is 10.6 Å². The Hall–Kier alpha value is -4.03. The quantitative estimate of drug-likeness (QED) is 0.335.